The van der Waals surface area contributed by atoms with Gasteiger partial charge in [0.25, 0.3) is 5.56 Å². The summed E-state index contributed by atoms with van der Waals surface area (Å²) in [6, 6.07) is 9.72. The number of hydrogen-bond donors (Lipinski definition) is 3. The number of aromatic hydroxyl groups is 2. The number of amides is 2. The van der Waals surface area contributed by atoms with Gasteiger partial charge in [0.2, 0.25) is 17.6 Å². The van der Waals surface area contributed by atoms with Crippen LogP contribution >= 0.6 is 0 Å². The fraction of sp³-hybridized carbons (Fsp3) is 0.465. The highest BCUT2D eigenvalue weighted by Gasteiger charge is 2.37. The van der Waals surface area contributed by atoms with Crippen molar-refractivity contribution >= 4 is 29.6 Å². The highest BCUT2D eigenvalue weighted by molar-refractivity contribution is 5.98. The van der Waals surface area contributed by atoms with Crippen molar-refractivity contribution in [3.05, 3.63) is 80.8 Å². The maximum atomic E-state index is 13.9. The summed E-state index contributed by atoms with van der Waals surface area (Å²) in [5, 5.41) is 26.4. The van der Waals surface area contributed by atoms with Crippen molar-refractivity contribution in [1.29, 1.82) is 0 Å². The van der Waals surface area contributed by atoms with Crippen LogP contribution in [0.2, 0.25) is 0 Å². The van der Waals surface area contributed by atoms with E-state index in [9.17, 15) is 34.2 Å². The Balaban J connectivity index is 1.32. The smallest absolute Gasteiger partial charge is 0.342 e. The van der Waals surface area contributed by atoms with Gasteiger partial charge < -0.3 is 43.9 Å². The molecule has 4 atom stereocenters. The lowest BCUT2D eigenvalue weighted by Crippen LogP contribution is -2.51. The molecule has 1 saturated heterocycles. The fourth-order valence-electron chi connectivity index (χ4n) is 8.35. The van der Waals surface area contributed by atoms with E-state index in [1.54, 1.807) is 52.8 Å². The van der Waals surface area contributed by atoms with Gasteiger partial charge in [0.1, 0.15) is 22.8 Å². The molecule has 0 spiro atoms. The van der Waals surface area contributed by atoms with Crippen molar-refractivity contribution in [3.63, 3.8) is 0 Å². The lowest BCUT2D eigenvalue weighted by molar-refractivity contribution is -0.135. The molecule has 0 aliphatic carbocycles. The third-order valence-electron chi connectivity index (χ3n) is 11.1. The van der Waals surface area contributed by atoms with Crippen molar-refractivity contribution in [2.75, 3.05) is 41.0 Å². The predicted octanol–water partition coefficient (Wildman–Crippen LogP) is 5.05. The summed E-state index contributed by atoms with van der Waals surface area (Å²) in [5.74, 6) is -2.72. The summed E-state index contributed by atoms with van der Waals surface area (Å²) in [5.41, 5.74) is 1.11. The highest BCUT2D eigenvalue weighted by Crippen LogP contribution is 2.48. The molecule has 0 radical (unpaired) electrons. The van der Waals surface area contributed by atoms with Crippen molar-refractivity contribution < 1.29 is 48.3 Å². The lowest BCUT2D eigenvalue weighted by atomic mass is 9.83. The van der Waals surface area contributed by atoms with Gasteiger partial charge in [-0.25, -0.2) is 4.79 Å². The predicted molar refractivity (Wildman–Crippen MR) is 210 cm³/mol. The van der Waals surface area contributed by atoms with E-state index < -0.39 is 35.4 Å². The van der Waals surface area contributed by atoms with E-state index in [4.69, 9.17) is 18.9 Å². The maximum Gasteiger partial charge on any atom is 0.342 e. The highest BCUT2D eigenvalue weighted by atomic mass is 16.5. The summed E-state index contributed by atoms with van der Waals surface area (Å²) in [6.45, 7) is 2.81. The molecule has 2 bridgehead atoms. The van der Waals surface area contributed by atoms with Crippen molar-refractivity contribution in [1.82, 2.24) is 14.8 Å². The van der Waals surface area contributed by atoms with E-state index in [0.717, 1.165) is 12.1 Å². The van der Waals surface area contributed by atoms with Gasteiger partial charge >= 0.3 is 5.97 Å². The van der Waals surface area contributed by atoms with Gasteiger partial charge in [-0.3, -0.25) is 19.2 Å². The van der Waals surface area contributed by atoms with Gasteiger partial charge in [-0.15, -0.1) is 0 Å². The van der Waals surface area contributed by atoms with Crippen LogP contribution in [0.5, 0.6) is 28.7 Å². The molecular formula is C43H51N3O11. The average Bonchev–Trinajstić information content (AvgIpc) is 3.18. The molecule has 1 fully saturated rings. The third-order valence-corrected chi connectivity index (χ3v) is 11.1. The molecule has 3 N–H and O–H groups in total. The van der Waals surface area contributed by atoms with E-state index in [-0.39, 0.29) is 76.0 Å². The van der Waals surface area contributed by atoms with Crippen LogP contribution in [0.25, 0.3) is 6.08 Å². The number of methoxy groups -OCH3 is 3. The van der Waals surface area contributed by atoms with E-state index in [2.05, 4.69) is 5.32 Å². The van der Waals surface area contributed by atoms with Gasteiger partial charge in [0, 0.05) is 68.1 Å². The number of piperidine rings is 1. The summed E-state index contributed by atoms with van der Waals surface area (Å²) < 4.78 is 24.3. The number of phenolic OH excluding ortho intramolecular Hbond substituents is 2. The number of Topliss-reactive ketones (excluding diaryl/α,β-unsaturated/α-hetero) is 1. The minimum Gasteiger partial charge on any atom is -0.507 e. The Labute approximate surface area is 331 Å². The van der Waals surface area contributed by atoms with Gasteiger partial charge in [0.15, 0.2) is 11.5 Å². The van der Waals surface area contributed by atoms with E-state index in [0.29, 0.717) is 63.7 Å². The second-order valence-electron chi connectivity index (χ2n) is 15.1. The monoisotopic (exact) mass is 785 g/mol. The molecule has 14 nitrogen and oxygen atoms in total. The number of cyclic esters (lactones) is 1. The number of ether oxygens (including phenoxy) is 4. The Hall–Kier alpha value is -5.79. The molecule has 3 aliphatic heterocycles. The molecule has 14 heteroatoms. The first-order valence-corrected chi connectivity index (χ1v) is 19.4. The number of benzene rings is 2. The minimum absolute atomic E-state index is 0.00378. The molecule has 2 amide bonds. The molecule has 2 aromatic carbocycles. The Kier molecular flexibility index (Phi) is 12.9. The minimum atomic E-state index is -1.10. The molecule has 3 aliphatic rings. The first-order chi connectivity index (χ1) is 27.4. The number of likely N-dealkylation sites (tertiary alicyclic amines) is 1. The number of hydrogen-bond acceptors (Lipinski definition) is 11. The summed E-state index contributed by atoms with van der Waals surface area (Å²) in [4.78, 5) is 67.7. The number of ketones is 1. The van der Waals surface area contributed by atoms with Crippen LogP contribution in [0.15, 0.2) is 47.3 Å². The van der Waals surface area contributed by atoms with Crippen LogP contribution in [0.3, 0.4) is 0 Å². The molecule has 57 heavy (non-hydrogen) atoms. The Morgan fingerprint density at radius 1 is 0.965 bits per heavy atom. The molecule has 4 heterocycles. The van der Waals surface area contributed by atoms with Crippen LogP contribution in [0, 0.1) is 5.92 Å². The number of allylic oxidation sites excluding steroid dienone is 1. The van der Waals surface area contributed by atoms with Crippen LogP contribution < -0.4 is 25.1 Å². The molecule has 3 aromatic rings. The van der Waals surface area contributed by atoms with Gasteiger partial charge in [-0.2, -0.15) is 0 Å². The number of nitrogens with one attached hydrogen (secondary N) is 1. The zero-order chi connectivity index (χ0) is 40.8. The number of pyridine rings is 1. The molecule has 304 valence electrons. The first-order valence-electron chi connectivity index (χ1n) is 19.4. The van der Waals surface area contributed by atoms with Crippen molar-refractivity contribution in [3.8, 4) is 28.7 Å². The third kappa shape index (κ3) is 9.11. The number of rotatable bonds is 9. The number of nitrogens with zero attached hydrogens (tertiary/aromatic N) is 2. The van der Waals surface area contributed by atoms with Crippen LogP contribution in [-0.2, 0) is 25.7 Å². The Morgan fingerprint density at radius 3 is 2.42 bits per heavy atom. The lowest BCUT2D eigenvalue weighted by Gasteiger charge is -2.42. The summed E-state index contributed by atoms with van der Waals surface area (Å²) in [6.07, 6.45) is 6.19. The molecular weight excluding hydrogens is 734 g/mol. The topological polar surface area (TPSA) is 183 Å². The fourth-order valence-corrected chi connectivity index (χ4v) is 8.35. The van der Waals surface area contributed by atoms with Crippen molar-refractivity contribution in [2.24, 2.45) is 5.92 Å². The zero-order valence-corrected chi connectivity index (χ0v) is 32.9. The number of esters is 1. The maximum absolute atomic E-state index is 13.9. The SMILES string of the molecule is COc1cc(C(CC(=O)NCC(=O)N2CC3CC(C2)c2cccc(=O)n2C3)c2c(O)cc3c(c2O)C(=O)OC(C)CCCC(=O)CCCC=C3)cc(OC)c1OC. The normalized spacial score (nSPS) is 20.3. The van der Waals surface area contributed by atoms with Crippen LogP contribution in [-0.4, -0.2) is 90.3 Å². The number of phenols is 2. The summed E-state index contributed by atoms with van der Waals surface area (Å²) >= 11 is 0. The quantitative estimate of drug-likeness (QED) is 0.247. The molecule has 4 unspecified atom stereocenters. The van der Waals surface area contributed by atoms with Gasteiger partial charge in [-0.1, -0.05) is 18.2 Å². The zero-order valence-electron chi connectivity index (χ0n) is 32.9. The number of carbonyl (C=O) groups excluding carboxylic acids is 4. The second-order valence-corrected chi connectivity index (χ2v) is 15.1. The standard InChI is InChI=1S/C43H51N3O11/c1-25-10-8-13-30(47)12-7-5-6-11-27-17-33(48)40(41(52)39(27)43(53)57-25)31(28-18-34(54-2)42(56-4)35(19-28)55-3)20-36(49)44-21-38(51)45-22-26-16-29(24-45)32-14-9-15-37(50)46(32)23-26/h6,9,11,14-15,17-19,25-26,29,31,48,52H,5,7-8,10,12-13,16,20-24H2,1-4H3,(H,44,49). The van der Waals surface area contributed by atoms with Crippen LogP contribution in [0.1, 0.15) is 103 Å². The largest absolute Gasteiger partial charge is 0.507 e. The average molecular weight is 786 g/mol. The van der Waals surface area contributed by atoms with E-state index in [1.165, 1.54) is 27.4 Å². The molecule has 6 rings (SSSR count). The number of carbonyl (C=O) groups is 4. The summed E-state index contributed by atoms with van der Waals surface area (Å²) in [7, 11) is 4.31. The van der Waals surface area contributed by atoms with Crippen molar-refractivity contribution in [2.45, 2.75) is 82.8 Å². The second kappa shape index (κ2) is 18.0. The first kappa shape index (κ1) is 40.9. The molecule has 1 aromatic heterocycles. The van der Waals surface area contributed by atoms with Gasteiger partial charge in [-0.05, 0) is 80.3 Å². The number of fused-ring (bicyclic) bond motifs is 5. The van der Waals surface area contributed by atoms with Gasteiger partial charge in [0.05, 0.1) is 34.0 Å². The Morgan fingerprint density at radius 2 is 1.70 bits per heavy atom. The van der Waals surface area contributed by atoms with E-state index >= 15 is 0 Å². The van der Waals surface area contributed by atoms with E-state index in [1.807, 2.05) is 6.07 Å². The number of aromatic nitrogens is 1. The molecule has 0 saturated carbocycles. The Bertz CT molecular complexity index is 2080. The van der Waals surface area contributed by atoms with Crippen LogP contribution in [0.4, 0.5) is 0 Å².